The summed E-state index contributed by atoms with van der Waals surface area (Å²) in [6.45, 7) is 6.19. The lowest BCUT2D eigenvalue weighted by atomic mass is 10.2. The van der Waals surface area contributed by atoms with Gasteiger partial charge in [0, 0.05) is 30.6 Å². The minimum absolute atomic E-state index is 0.0167. The number of amides is 2. The minimum atomic E-state index is -3.68. The zero-order valence-electron chi connectivity index (χ0n) is 16.0. The fourth-order valence-corrected chi connectivity index (χ4v) is 4.41. The number of benzene rings is 1. The van der Waals surface area contributed by atoms with Crippen LogP contribution in [0, 0.1) is 0 Å². The number of morpholine rings is 1. The Morgan fingerprint density at radius 1 is 1.17 bits per heavy atom. The van der Waals surface area contributed by atoms with Crippen LogP contribution in [0.4, 0.5) is 5.13 Å². The summed E-state index contributed by atoms with van der Waals surface area (Å²) < 4.78 is 31.7. The molecule has 160 valence electrons. The van der Waals surface area contributed by atoms with Gasteiger partial charge in [-0.2, -0.15) is 0 Å². The number of nitrogens with one attached hydrogen (secondary N) is 3. The molecule has 0 unspecified atom stereocenters. The quantitative estimate of drug-likeness (QED) is 0.413. The second-order valence-corrected chi connectivity index (χ2v) is 8.79. The molecule has 0 atom stereocenters. The highest BCUT2D eigenvalue weighted by molar-refractivity contribution is 7.89. The predicted molar refractivity (Wildman–Crippen MR) is 112 cm³/mol. The maximum absolute atomic E-state index is 12.2. The van der Waals surface area contributed by atoms with Gasteiger partial charge in [0.15, 0.2) is 5.13 Å². The molecule has 0 bridgehead atoms. The Morgan fingerprint density at radius 3 is 2.50 bits per heavy atom. The molecule has 10 nitrogen and oxygen atoms in total. The summed E-state index contributed by atoms with van der Waals surface area (Å²) in [5, 5.41) is 2.33. The maximum atomic E-state index is 12.2. The van der Waals surface area contributed by atoms with Crippen LogP contribution in [-0.2, 0) is 14.8 Å². The van der Waals surface area contributed by atoms with Gasteiger partial charge in [-0.25, -0.2) is 18.1 Å². The fraction of sp³-hybridized carbons (Fsp3) is 0.278. The summed E-state index contributed by atoms with van der Waals surface area (Å²) in [5.74, 6) is -1.14. The molecule has 3 rings (SSSR count). The third-order valence-corrected chi connectivity index (χ3v) is 6.48. The number of hydrogen-bond donors (Lipinski definition) is 3. The smallest absolute Gasteiger partial charge is 0.289 e. The van der Waals surface area contributed by atoms with E-state index >= 15 is 0 Å². The number of carbonyl (C=O) groups is 2. The molecule has 2 aromatic rings. The van der Waals surface area contributed by atoms with Crippen molar-refractivity contribution in [2.75, 3.05) is 37.7 Å². The molecule has 1 aromatic carbocycles. The molecule has 0 spiro atoms. The molecular weight excluding hydrogens is 430 g/mol. The van der Waals surface area contributed by atoms with E-state index in [1.165, 1.54) is 41.7 Å². The zero-order valence-corrected chi connectivity index (χ0v) is 17.6. The molecule has 12 heteroatoms. The Balaban J connectivity index is 1.55. The van der Waals surface area contributed by atoms with Crippen LogP contribution < -0.4 is 20.5 Å². The van der Waals surface area contributed by atoms with Crippen molar-refractivity contribution in [3.8, 4) is 0 Å². The van der Waals surface area contributed by atoms with Crippen molar-refractivity contribution in [2.24, 2.45) is 0 Å². The number of carbonyl (C=O) groups excluding carboxylic acids is 2. The molecule has 0 saturated carbocycles. The van der Waals surface area contributed by atoms with Crippen LogP contribution >= 0.6 is 11.3 Å². The summed E-state index contributed by atoms with van der Waals surface area (Å²) in [6.07, 6.45) is 1.42. The topological polar surface area (TPSA) is 130 Å². The average molecular weight is 452 g/mol. The number of hydrogen-bond acceptors (Lipinski definition) is 8. The van der Waals surface area contributed by atoms with Crippen molar-refractivity contribution in [3.05, 3.63) is 53.6 Å². The third kappa shape index (κ3) is 5.42. The van der Waals surface area contributed by atoms with Crippen LogP contribution in [0.15, 0.2) is 47.2 Å². The number of anilines is 1. The van der Waals surface area contributed by atoms with E-state index in [2.05, 4.69) is 27.1 Å². The largest absolute Gasteiger partial charge is 0.378 e. The molecule has 1 aliphatic heterocycles. The molecule has 1 aliphatic rings. The van der Waals surface area contributed by atoms with Crippen molar-refractivity contribution in [3.63, 3.8) is 0 Å². The number of ether oxygens (including phenoxy) is 1. The van der Waals surface area contributed by atoms with Gasteiger partial charge in [0.05, 0.1) is 18.1 Å². The Labute approximate surface area is 178 Å². The van der Waals surface area contributed by atoms with E-state index in [9.17, 15) is 18.0 Å². The summed E-state index contributed by atoms with van der Waals surface area (Å²) >= 11 is 1.34. The number of sulfonamides is 1. The average Bonchev–Trinajstić information content (AvgIpc) is 3.27. The van der Waals surface area contributed by atoms with Crippen LogP contribution in [0.5, 0.6) is 0 Å². The Morgan fingerprint density at radius 2 is 1.83 bits per heavy atom. The van der Waals surface area contributed by atoms with Crippen LogP contribution in [0.2, 0.25) is 0 Å². The van der Waals surface area contributed by atoms with Gasteiger partial charge < -0.3 is 9.64 Å². The molecular formula is C18H21N5O5S2. The highest BCUT2D eigenvalue weighted by Gasteiger charge is 2.18. The first kappa shape index (κ1) is 21.9. The molecule has 3 N–H and O–H groups in total. The highest BCUT2D eigenvalue weighted by Crippen LogP contribution is 2.21. The Hall–Kier alpha value is -2.80. The van der Waals surface area contributed by atoms with Crippen molar-refractivity contribution in [1.82, 2.24) is 20.6 Å². The van der Waals surface area contributed by atoms with Crippen LogP contribution in [0.3, 0.4) is 0 Å². The summed E-state index contributed by atoms with van der Waals surface area (Å²) in [5.41, 5.74) is 4.98. The molecule has 1 fully saturated rings. The normalized spacial score (nSPS) is 14.2. The number of hydrazine groups is 1. The van der Waals surface area contributed by atoms with E-state index in [0.717, 1.165) is 5.13 Å². The number of nitrogens with zero attached hydrogens (tertiary/aromatic N) is 2. The van der Waals surface area contributed by atoms with Gasteiger partial charge in [-0.05, 0) is 24.3 Å². The number of rotatable bonds is 7. The first-order valence-corrected chi connectivity index (χ1v) is 11.4. The van der Waals surface area contributed by atoms with Gasteiger partial charge in [-0.1, -0.05) is 6.08 Å². The van der Waals surface area contributed by atoms with E-state index in [0.29, 0.717) is 26.3 Å². The standard InChI is InChI=1S/C18H21N5O5S2/c1-2-7-19-30(26,27)14-5-3-13(4-6-14)16(24)21-22-17(25)15-12-29-18(20-15)23-8-10-28-11-9-23/h2-6,12,19H,1,7-11H2,(H,21,24)(H,22,25). The summed E-state index contributed by atoms with van der Waals surface area (Å²) in [6, 6.07) is 5.31. The van der Waals surface area contributed by atoms with Gasteiger partial charge in [-0.15, -0.1) is 17.9 Å². The first-order chi connectivity index (χ1) is 14.4. The molecule has 2 heterocycles. The van der Waals surface area contributed by atoms with Crippen LogP contribution in [0.25, 0.3) is 0 Å². The summed E-state index contributed by atoms with van der Waals surface area (Å²) in [4.78, 5) is 30.8. The monoisotopic (exact) mass is 451 g/mol. The lowest BCUT2D eigenvalue weighted by molar-refractivity contribution is 0.0844. The van der Waals surface area contributed by atoms with Crippen molar-refractivity contribution in [1.29, 1.82) is 0 Å². The van der Waals surface area contributed by atoms with Crippen LogP contribution in [-0.4, -0.2) is 58.1 Å². The second-order valence-electron chi connectivity index (χ2n) is 6.19. The first-order valence-electron chi connectivity index (χ1n) is 9.00. The predicted octanol–water partition coefficient (Wildman–Crippen LogP) is 0.519. The molecule has 1 saturated heterocycles. The van der Waals surface area contributed by atoms with Crippen molar-refractivity contribution >= 4 is 38.3 Å². The molecule has 2 amide bonds. The number of thiazole rings is 1. The summed E-state index contributed by atoms with van der Waals surface area (Å²) in [7, 11) is -3.68. The van der Waals surface area contributed by atoms with Gasteiger partial charge in [0.2, 0.25) is 10.0 Å². The van der Waals surface area contributed by atoms with E-state index < -0.39 is 21.8 Å². The van der Waals surface area contributed by atoms with Gasteiger partial charge in [0.25, 0.3) is 11.8 Å². The third-order valence-electron chi connectivity index (χ3n) is 4.14. The maximum Gasteiger partial charge on any atom is 0.289 e. The minimum Gasteiger partial charge on any atom is -0.378 e. The van der Waals surface area contributed by atoms with Gasteiger partial charge >= 0.3 is 0 Å². The van der Waals surface area contributed by atoms with Gasteiger partial charge in [0.1, 0.15) is 5.69 Å². The molecule has 0 aliphatic carbocycles. The lowest BCUT2D eigenvalue weighted by Crippen LogP contribution is -2.42. The highest BCUT2D eigenvalue weighted by atomic mass is 32.2. The molecule has 1 aromatic heterocycles. The van der Waals surface area contributed by atoms with E-state index in [1.807, 2.05) is 4.90 Å². The van der Waals surface area contributed by atoms with E-state index in [4.69, 9.17) is 4.74 Å². The number of aromatic nitrogens is 1. The van der Waals surface area contributed by atoms with Crippen molar-refractivity contribution in [2.45, 2.75) is 4.90 Å². The molecule has 30 heavy (non-hydrogen) atoms. The van der Waals surface area contributed by atoms with Crippen molar-refractivity contribution < 1.29 is 22.7 Å². The zero-order chi connectivity index (χ0) is 21.6. The second kappa shape index (κ2) is 9.80. The van der Waals surface area contributed by atoms with E-state index in [1.54, 1.807) is 5.38 Å². The Kier molecular flexibility index (Phi) is 7.15. The van der Waals surface area contributed by atoms with Gasteiger partial charge in [-0.3, -0.25) is 20.4 Å². The SMILES string of the molecule is C=CCNS(=O)(=O)c1ccc(C(=O)NNC(=O)c2csc(N3CCOCC3)n2)cc1. The Bertz CT molecular complexity index is 1010. The van der Waals surface area contributed by atoms with Crippen LogP contribution in [0.1, 0.15) is 20.8 Å². The molecule has 0 radical (unpaired) electrons. The fourth-order valence-electron chi connectivity index (χ4n) is 2.56. The lowest BCUT2D eigenvalue weighted by Gasteiger charge is -2.25. The van der Waals surface area contributed by atoms with E-state index in [-0.39, 0.29) is 22.7 Å².